The van der Waals surface area contributed by atoms with E-state index in [1.165, 1.54) is 6.07 Å². The molecule has 2 heterocycles. The first-order chi connectivity index (χ1) is 15.4. The summed E-state index contributed by atoms with van der Waals surface area (Å²) >= 11 is 0. The van der Waals surface area contributed by atoms with Gasteiger partial charge in [0.1, 0.15) is 29.5 Å². The summed E-state index contributed by atoms with van der Waals surface area (Å²) in [5.41, 5.74) is 2.16. The lowest BCUT2D eigenvalue weighted by atomic mass is 10.0. The van der Waals surface area contributed by atoms with Crippen LogP contribution in [0.25, 0.3) is 33.4 Å². The molecule has 164 valence electrons. The predicted molar refractivity (Wildman–Crippen MR) is 123 cm³/mol. The van der Waals surface area contributed by atoms with Crippen LogP contribution in [0.2, 0.25) is 0 Å². The van der Waals surface area contributed by atoms with Crippen LogP contribution in [0.1, 0.15) is 0 Å². The minimum atomic E-state index is -3.22. The molecule has 0 amide bonds. The summed E-state index contributed by atoms with van der Waals surface area (Å²) in [6.45, 7) is -0.0597. The van der Waals surface area contributed by atoms with E-state index in [9.17, 15) is 12.8 Å². The van der Waals surface area contributed by atoms with Gasteiger partial charge in [-0.1, -0.05) is 18.2 Å². The van der Waals surface area contributed by atoms with Crippen LogP contribution in [-0.4, -0.2) is 49.0 Å². The Kier molecular flexibility index (Phi) is 6.00. The molecule has 7 nitrogen and oxygen atoms in total. The Labute approximate surface area is 185 Å². The summed E-state index contributed by atoms with van der Waals surface area (Å²) in [5, 5.41) is 3.68. The van der Waals surface area contributed by atoms with Gasteiger partial charge in [-0.3, -0.25) is 4.98 Å². The van der Waals surface area contributed by atoms with Crippen molar-refractivity contribution in [2.75, 3.05) is 31.0 Å². The highest BCUT2D eigenvalue weighted by Crippen LogP contribution is 2.36. The van der Waals surface area contributed by atoms with Crippen LogP contribution in [0.15, 0.2) is 60.9 Å². The Balaban J connectivity index is 1.92. The molecule has 0 unspecified atom stereocenters. The first-order valence-corrected chi connectivity index (χ1v) is 11.9. The molecule has 0 aliphatic carbocycles. The van der Waals surface area contributed by atoms with Crippen molar-refractivity contribution in [1.82, 2.24) is 15.0 Å². The normalized spacial score (nSPS) is 11.5. The van der Waals surface area contributed by atoms with E-state index < -0.39 is 9.84 Å². The van der Waals surface area contributed by atoms with E-state index in [1.807, 2.05) is 6.07 Å². The van der Waals surface area contributed by atoms with Crippen molar-refractivity contribution in [1.29, 1.82) is 0 Å². The first-order valence-electron chi connectivity index (χ1n) is 9.85. The molecule has 0 aliphatic rings. The maximum atomic E-state index is 14.5. The molecule has 0 atom stereocenters. The second kappa shape index (κ2) is 8.88. The lowest BCUT2D eigenvalue weighted by Gasteiger charge is -2.15. The molecular weight excluding hydrogens is 431 g/mol. The molecule has 1 N–H and O–H groups in total. The van der Waals surface area contributed by atoms with E-state index in [0.29, 0.717) is 45.0 Å². The van der Waals surface area contributed by atoms with Crippen molar-refractivity contribution in [2.24, 2.45) is 0 Å². The fourth-order valence-corrected chi connectivity index (χ4v) is 3.67. The molecule has 0 spiro atoms. The molecule has 0 bridgehead atoms. The maximum Gasteiger partial charge on any atom is 0.163 e. The average Bonchev–Trinajstić information content (AvgIpc) is 2.78. The van der Waals surface area contributed by atoms with Crippen LogP contribution in [0.3, 0.4) is 0 Å². The smallest absolute Gasteiger partial charge is 0.163 e. The zero-order valence-electron chi connectivity index (χ0n) is 17.5. The Morgan fingerprint density at radius 1 is 1.06 bits per heavy atom. The third kappa shape index (κ3) is 4.67. The van der Waals surface area contributed by atoms with E-state index in [4.69, 9.17) is 4.74 Å². The quantitative estimate of drug-likeness (QED) is 0.453. The van der Waals surface area contributed by atoms with E-state index in [0.717, 1.165) is 6.26 Å². The van der Waals surface area contributed by atoms with Gasteiger partial charge in [-0.2, -0.15) is 0 Å². The number of ether oxygens (including phenoxy) is 1. The van der Waals surface area contributed by atoms with Gasteiger partial charge in [0, 0.05) is 42.2 Å². The van der Waals surface area contributed by atoms with E-state index in [-0.39, 0.29) is 18.2 Å². The van der Waals surface area contributed by atoms with E-state index >= 15 is 0 Å². The van der Waals surface area contributed by atoms with Crippen molar-refractivity contribution in [2.45, 2.75) is 0 Å². The lowest BCUT2D eigenvalue weighted by molar-refractivity contribution is 0.344. The van der Waals surface area contributed by atoms with Gasteiger partial charge < -0.3 is 10.1 Å². The standard InChI is InChI=1S/C23H21FN4O3S/c1-25-23-18-12-16(17-7-3-4-8-19(17)24)13-20(31-10-11-32(2,29)30)21(18)27-22(28-23)15-6-5-9-26-14-15/h3-9,12-14H,10-11H2,1-2H3,(H,25,27,28). The average molecular weight is 453 g/mol. The summed E-state index contributed by atoms with van der Waals surface area (Å²) in [4.78, 5) is 13.4. The highest BCUT2D eigenvalue weighted by Gasteiger charge is 2.17. The molecule has 2 aromatic carbocycles. The number of fused-ring (bicyclic) bond motifs is 1. The van der Waals surface area contributed by atoms with Crippen molar-refractivity contribution < 1.29 is 17.5 Å². The molecule has 0 saturated heterocycles. The summed E-state index contributed by atoms with van der Waals surface area (Å²) in [6.07, 6.45) is 4.45. The van der Waals surface area contributed by atoms with Crippen LogP contribution in [0.4, 0.5) is 10.2 Å². The van der Waals surface area contributed by atoms with Gasteiger partial charge in [0.2, 0.25) is 0 Å². The van der Waals surface area contributed by atoms with Crippen molar-refractivity contribution in [3.05, 3.63) is 66.7 Å². The highest BCUT2D eigenvalue weighted by atomic mass is 32.2. The Bertz CT molecular complexity index is 1380. The number of nitrogens with zero attached hydrogens (tertiary/aromatic N) is 3. The summed E-state index contributed by atoms with van der Waals surface area (Å²) in [5.74, 6) is 0.764. The first kappa shape index (κ1) is 21.6. The second-order valence-corrected chi connectivity index (χ2v) is 9.48. The third-order valence-corrected chi connectivity index (χ3v) is 5.73. The largest absolute Gasteiger partial charge is 0.490 e. The molecule has 0 fully saturated rings. The number of anilines is 1. The Hall–Kier alpha value is -3.59. The van der Waals surface area contributed by atoms with Crippen molar-refractivity contribution >= 4 is 26.6 Å². The molecule has 9 heteroatoms. The monoisotopic (exact) mass is 452 g/mol. The number of rotatable bonds is 7. The van der Waals surface area contributed by atoms with Crippen LogP contribution < -0.4 is 10.1 Å². The van der Waals surface area contributed by atoms with Gasteiger partial charge in [-0.15, -0.1) is 0 Å². The fraction of sp³-hybridized carbons (Fsp3) is 0.174. The van der Waals surface area contributed by atoms with E-state index in [2.05, 4.69) is 20.3 Å². The molecule has 0 radical (unpaired) electrons. The van der Waals surface area contributed by atoms with Gasteiger partial charge in [-0.25, -0.2) is 22.8 Å². The Morgan fingerprint density at radius 3 is 2.56 bits per heavy atom. The minimum absolute atomic E-state index is 0.0597. The summed E-state index contributed by atoms with van der Waals surface area (Å²) in [6, 6.07) is 13.5. The number of pyridine rings is 1. The lowest BCUT2D eigenvalue weighted by Crippen LogP contribution is -2.12. The van der Waals surface area contributed by atoms with E-state index in [1.54, 1.807) is 55.8 Å². The van der Waals surface area contributed by atoms with Gasteiger partial charge in [0.25, 0.3) is 0 Å². The van der Waals surface area contributed by atoms with Gasteiger partial charge in [0.05, 0.1) is 5.75 Å². The molecule has 32 heavy (non-hydrogen) atoms. The third-order valence-electron chi connectivity index (χ3n) is 4.82. The van der Waals surface area contributed by atoms with Crippen LogP contribution in [-0.2, 0) is 9.84 Å². The Morgan fingerprint density at radius 2 is 1.88 bits per heavy atom. The van der Waals surface area contributed by atoms with Crippen LogP contribution in [0, 0.1) is 5.82 Å². The van der Waals surface area contributed by atoms with Gasteiger partial charge in [0.15, 0.2) is 15.7 Å². The van der Waals surface area contributed by atoms with Crippen molar-refractivity contribution in [3.8, 4) is 28.3 Å². The maximum absolute atomic E-state index is 14.5. The van der Waals surface area contributed by atoms with Crippen molar-refractivity contribution in [3.63, 3.8) is 0 Å². The number of nitrogens with one attached hydrogen (secondary N) is 1. The number of sulfone groups is 1. The minimum Gasteiger partial charge on any atom is -0.490 e. The fourth-order valence-electron chi connectivity index (χ4n) is 3.28. The van der Waals surface area contributed by atoms with Crippen LogP contribution >= 0.6 is 0 Å². The number of benzene rings is 2. The predicted octanol–water partition coefficient (Wildman–Crippen LogP) is 3.96. The molecule has 4 aromatic rings. The number of hydrogen-bond donors (Lipinski definition) is 1. The SMILES string of the molecule is CNc1nc(-c2cccnc2)nc2c(OCCS(C)(=O)=O)cc(-c3ccccc3F)cc12. The molecular formula is C23H21FN4O3S. The number of hydrogen-bond acceptors (Lipinski definition) is 7. The number of aromatic nitrogens is 3. The zero-order valence-corrected chi connectivity index (χ0v) is 18.4. The molecule has 0 saturated carbocycles. The topological polar surface area (TPSA) is 94.1 Å². The molecule has 4 rings (SSSR count). The zero-order chi connectivity index (χ0) is 22.7. The summed E-state index contributed by atoms with van der Waals surface area (Å²) < 4.78 is 43.5. The number of halogens is 1. The van der Waals surface area contributed by atoms with Gasteiger partial charge in [-0.05, 0) is 35.9 Å². The van der Waals surface area contributed by atoms with Crippen LogP contribution in [0.5, 0.6) is 5.75 Å². The highest BCUT2D eigenvalue weighted by molar-refractivity contribution is 7.90. The van der Waals surface area contributed by atoms with Gasteiger partial charge >= 0.3 is 0 Å². The second-order valence-electron chi connectivity index (χ2n) is 7.22. The molecule has 0 aliphatic heterocycles. The molecule has 2 aromatic heterocycles. The summed E-state index contributed by atoms with van der Waals surface area (Å²) in [7, 11) is -1.49.